The first-order chi connectivity index (χ1) is 9.53. The summed E-state index contributed by atoms with van der Waals surface area (Å²) >= 11 is 3.32. The topological polar surface area (TPSA) is 46.2 Å². The minimum atomic E-state index is -3.41. The molecular formula is C15H22BrNO2S. The van der Waals surface area contributed by atoms with E-state index in [-0.39, 0.29) is 6.04 Å². The van der Waals surface area contributed by atoms with Crippen molar-refractivity contribution in [2.45, 2.75) is 56.4 Å². The van der Waals surface area contributed by atoms with Gasteiger partial charge in [-0.25, -0.2) is 13.1 Å². The van der Waals surface area contributed by atoms with Gasteiger partial charge in [0, 0.05) is 10.5 Å². The highest BCUT2D eigenvalue weighted by Gasteiger charge is 2.26. The van der Waals surface area contributed by atoms with Gasteiger partial charge in [0.15, 0.2) is 0 Å². The highest BCUT2D eigenvalue weighted by molar-refractivity contribution is 9.10. The van der Waals surface area contributed by atoms with Crippen LogP contribution < -0.4 is 4.72 Å². The first kappa shape index (κ1) is 16.0. The van der Waals surface area contributed by atoms with Crippen LogP contribution >= 0.6 is 15.9 Å². The van der Waals surface area contributed by atoms with Crippen LogP contribution in [0.25, 0.3) is 0 Å². The molecule has 0 radical (unpaired) electrons. The van der Waals surface area contributed by atoms with Crippen LogP contribution in [-0.2, 0) is 10.0 Å². The number of benzene rings is 1. The van der Waals surface area contributed by atoms with Crippen LogP contribution in [0, 0.1) is 5.92 Å². The fraction of sp³-hybridized carbons (Fsp3) is 0.600. The molecular weight excluding hydrogens is 338 g/mol. The third-order valence-electron chi connectivity index (χ3n) is 4.09. The lowest BCUT2D eigenvalue weighted by Gasteiger charge is -2.30. The van der Waals surface area contributed by atoms with Gasteiger partial charge in [-0.15, -0.1) is 0 Å². The standard InChI is InChI=1S/C15H22BrNO2S/c1-2-15(12-6-4-3-5-7-12)17-20(18,19)14-10-8-13(16)9-11-14/h8-12,15,17H,2-7H2,1H3. The molecule has 1 fully saturated rings. The van der Waals surface area contributed by atoms with Crippen molar-refractivity contribution >= 4 is 26.0 Å². The summed E-state index contributed by atoms with van der Waals surface area (Å²) in [4.78, 5) is 0.343. The van der Waals surface area contributed by atoms with Crippen molar-refractivity contribution in [1.82, 2.24) is 4.72 Å². The lowest BCUT2D eigenvalue weighted by Crippen LogP contribution is -2.40. The predicted octanol–water partition coefficient (Wildman–Crippen LogP) is 4.09. The third-order valence-corrected chi connectivity index (χ3v) is 6.12. The monoisotopic (exact) mass is 359 g/mol. The second-order valence-corrected chi connectivity index (χ2v) is 8.12. The lowest BCUT2D eigenvalue weighted by atomic mass is 9.83. The summed E-state index contributed by atoms with van der Waals surface area (Å²) in [6.07, 6.45) is 6.86. The Bertz CT molecular complexity index is 521. The Morgan fingerprint density at radius 3 is 2.35 bits per heavy atom. The number of nitrogens with one attached hydrogen (secondary N) is 1. The van der Waals surface area contributed by atoms with Crippen molar-refractivity contribution in [3.05, 3.63) is 28.7 Å². The van der Waals surface area contributed by atoms with Crippen LogP contribution in [0.2, 0.25) is 0 Å². The molecule has 112 valence electrons. The Hall–Kier alpha value is -0.390. The normalized spacial score (nSPS) is 18.9. The molecule has 0 aliphatic heterocycles. The summed E-state index contributed by atoms with van der Waals surface area (Å²) in [6.45, 7) is 2.06. The summed E-state index contributed by atoms with van der Waals surface area (Å²) in [6, 6.07) is 6.86. The Balaban J connectivity index is 2.10. The fourth-order valence-electron chi connectivity index (χ4n) is 2.93. The first-order valence-corrected chi connectivity index (χ1v) is 9.58. The van der Waals surface area contributed by atoms with Crippen LogP contribution in [0.3, 0.4) is 0 Å². The zero-order chi connectivity index (χ0) is 14.6. The lowest BCUT2D eigenvalue weighted by molar-refractivity contribution is 0.285. The summed E-state index contributed by atoms with van der Waals surface area (Å²) in [7, 11) is -3.41. The van der Waals surface area contributed by atoms with E-state index in [1.807, 2.05) is 0 Å². The van der Waals surface area contributed by atoms with Crippen LogP contribution in [0.1, 0.15) is 45.4 Å². The average Bonchev–Trinajstić information content (AvgIpc) is 2.46. The maximum Gasteiger partial charge on any atom is 0.240 e. The molecule has 0 spiro atoms. The minimum absolute atomic E-state index is 0.0592. The van der Waals surface area contributed by atoms with Gasteiger partial charge in [0.05, 0.1) is 4.90 Å². The van der Waals surface area contributed by atoms with Crippen molar-refractivity contribution in [1.29, 1.82) is 0 Å². The van der Waals surface area contributed by atoms with Crippen molar-refractivity contribution in [3.63, 3.8) is 0 Å². The van der Waals surface area contributed by atoms with E-state index in [1.54, 1.807) is 24.3 Å². The van der Waals surface area contributed by atoms with Crippen LogP contribution in [0.4, 0.5) is 0 Å². The predicted molar refractivity (Wildman–Crippen MR) is 85.1 cm³/mol. The number of hydrogen-bond acceptors (Lipinski definition) is 2. The maximum absolute atomic E-state index is 12.4. The molecule has 1 saturated carbocycles. The third kappa shape index (κ3) is 4.06. The molecule has 20 heavy (non-hydrogen) atoms. The van der Waals surface area contributed by atoms with E-state index in [2.05, 4.69) is 27.6 Å². The molecule has 1 aliphatic rings. The molecule has 0 bridgehead atoms. The van der Waals surface area contributed by atoms with Crippen molar-refractivity contribution in [2.24, 2.45) is 5.92 Å². The molecule has 2 rings (SSSR count). The quantitative estimate of drug-likeness (QED) is 0.860. The van der Waals surface area contributed by atoms with E-state index in [0.29, 0.717) is 10.8 Å². The fourth-order valence-corrected chi connectivity index (χ4v) is 4.58. The molecule has 1 aromatic rings. The smallest absolute Gasteiger partial charge is 0.208 e. The van der Waals surface area contributed by atoms with E-state index in [4.69, 9.17) is 0 Å². The van der Waals surface area contributed by atoms with Crippen molar-refractivity contribution < 1.29 is 8.42 Å². The molecule has 0 aromatic heterocycles. The molecule has 5 heteroatoms. The van der Waals surface area contributed by atoms with Gasteiger partial charge in [0.2, 0.25) is 10.0 Å². The number of halogens is 1. The largest absolute Gasteiger partial charge is 0.240 e. The number of hydrogen-bond donors (Lipinski definition) is 1. The second kappa shape index (κ2) is 7.05. The zero-order valence-corrected chi connectivity index (χ0v) is 14.2. The SMILES string of the molecule is CCC(NS(=O)(=O)c1ccc(Br)cc1)C1CCCCC1. The molecule has 1 atom stereocenters. The van der Waals surface area contributed by atoms with Gasteiger partial charge in [0.25, 0.3) is 0 Å². The average molecular weight is 360 g/mol. The Kier molecular flexibility index (Phi) is 5.64. The van der Waals surface area contributed by atoms with Crippen molar-refractivity contribution in [2.75, 3.05) is 0 Å². The molecule has 0 amide bonds. The van der Waals surface area contributed by atoms with Crippen LogP contribution in [-0.4, -0.2) is 14.5 Å². The van der Waals surface area contributed by atoms with E-state index >= 15 is 0 Å². The van der Waals surface area contributed by atoms with Crippen LogP contribution in [0.15, 0.2) is 33.6 Å². The number of sulfonamides is 1. The molecule has 1 unspecified atom stereocenters. The Labute approximate surface area is 130 Å². The van der Waals surface area contributed by atoms with E-state index in [1.165, 1.54) is 19.3 Å². The molecule has 3 nitrogen and oxygen atoms in total. The summed E-state index contributed by atoms with van der Waals surface area (Å²) in [5, 5.41) is 0. The van der Waals surface area contributed by atoms with Gasteiger partial charge in [-0.05, 0) is 49.4 Å². The Morgan fingerprint density at radius 2 is 1.80 bits per heavy atom. The van der Waals surface area contributed by atoms with Gasteiger partial charge in [-0.3, -0.25) is 0 Å². The number of rotatable bonds is 5. The van der Waals surface area contributed by atoms with Gasteiger partial charge in [-0.2, -0.15) is 0 Å². The molecule has 0 heterocycles. The van der Waals surface area contributed by atoms with Gasteiger partial charge < -0.3 is 0 Å². The summed E-state index contributed by atoms with van der Waals surface area (Å²) in [5.74, 6) is 0.485. The van der Waals surface area contributed by atoms with Crippen molar-refractivity contribution in [3.8, 4) is 0 Å². The van der Waals surface area contributed by atoms with E-state index in [9.17, 15) is 8.42 Å². The second-order valence-electron chi connectivity index (χ2n) is 5.49. The highest BCUT2D eigenvalue weighted by Crippen LogP contribution is 2.28. The molecule has 1 N–H and O–H groups in total. The van der Waals surface area contributed by atoms with Crippen LogP contribution in [0.5, 0.6) is 0 Å². The molecule has 1 aromatic carbocycles. The first-order valence-electron chi connectivity index (χ1n) is 7.31. The summed E-state index contributed by atoms with van der Waals surface area (Å²) in [5.41, 5.74) is 0. The van der Waals surface area contributed by atoms with Gasteiger partial charge in [-0.1, -0.05) is 42.1 Å². The van der Waals surface area contributed by atoms with Gasteiger partial charge in [0.1, 0.15) is 0 Å². The molecule has 0 saturated heterocycles. The maximum atomic E-state index is 12.4. The van der Waals surface area contributed by atoms with E-state index in [0.717, 1.165) is 23.7 Å². The summed E-state index contributed by atoms with van der Waals surface area (Å²) < 4.78 is 28.6. The van der Waals surface area contributed by atoms with Gasteiger partial charge >= 0.3 is 0 Å². The Morgan fingerprint density at radius 1 is 1.20 bits per heavy atom. The van der Waals surface area contributed by atoms with E-state index < -0.39 is 10.0 Å². The minimum Gasteiger partial charge on any atom is -0.208 e. The highest BCUT2D eigenvalue weighted by atomic mass is 79.9. The zero-order valence-electron chi connectivity index (χ0n) is 11.8. The molecule has 1 aliphatic carbocycles.